The van der Waals surface area contributed by atoms with Gasteiger partial charge in [0.1, 0.15) is 5.75 Å². The van der Waals surface area contributed by atoms with Gasteiger partial charge in [0.05, 0.1) is 13.9 Å². The number of halogens is 2. The molecule has 0 aromatic heterocycles. The lowest BCUT2D eigenvalue weighted by Gasteiger charge is -2.18. The van der Waals surface area contributed by atoms with Crippen LogP contribution in [0.4, 0.5) is 0 Å². The predicted octanol–water partition coefficient (Wildman–Crippen LogP) is 5.32. The maximum atomic E-state index is 12.1. The molecule has 0 saturated carbocycles. The standard InChI is InChI=1S/C21H16Br2O5S/c1-11-6-14(9-17(22)20(11)24)19(15-7-12(2)21(25)18(23)10-15)13-4-3-5-16(8-13)29(26,27)28/h3-10,24H,1-2H3,(H,26,27,28). The number of hydrogen-bond acceptors (Lipinski definition) is 4. The van der Waals surface area contributed by atoms with Gasteiger partial charge in [0.25, 0.3) is 10.1 Å². The van der Waals surface area contributed by atoms with E-state index >= 15 is 0 Å². The fraction of sp³-hybridized carbons (Fsp3) is 0.0952. The molecule has 2 aromatic rings. The summed E-state index contributed by atoms with van der Waals surface area (Å²) < 4.78 is 33.6. The van der Waals surface area contributed by atoms with Crippen molar-refractivity contribution in [2.45, 2.75) is 18.7 Å². The number of phenolic OH excluding ortho intramolecular Hbond substituents is 1. The molecule has 0 atom stereocenters. The van der Waals surface area contributed by atoms with E-state index in [1.165, 1.54) is 18.2 Å². The number of hydrogen-bond donors (Lipinski definition) is 2. The van der Waals surface area contributed by atoms with Gasteiger partial charge in [0.15, 0.2) is 5.78 Å². The Labute approximate surface area is 185 Å². The molecule has 0 heterocycles. The van der Waals surface area contributed by atoms with Gasteiger partial charge in [-0.25, -0.2) is 0 Å². The molecule has 8 heteroatoms. The molecule has 0 radical (unpaired) electrons. The number of allylic oxidation sites excluding steroid dienone is 5. The van der Waals surface area contributed by atoms with E-state index in [1.54, 1.807) is 44.2 Å². The first-order valence-corrected chi connectivity index (χ1v) is 11.4. The number of benzene rings is 2. The summed E-state index contributed by atoms with van der Waals surface area (Å²) in [6.07, 6.45) is 3.39. The number of Topliss-reactive ketones (excluding diaryl/α,β-unsaturated/α-hetero) is 1. The molecule has 29 heavy (non-hydrogen) atoms. The third kappa shape index (κ3) is 4.45. The summed E-state index contributed by atoms with van der Waals surface area (Å²) in [5.74, 6) is -0.0325. The molecule has 1 aliphatic carbocycles. The number of aryl methyl sites for hydroxylation is 1. The van der Waals surface area contributed by atoms with Gasteiger partial charge in [-0.05, 0) is 116 Å². The Morgan fingerprint density at radius 1 is 1.00 bits per heavy atom. The molecule has 0 bridgehead atoms. The molecule has 0 amide bonds. The SMILES string of the molecule is CC1=CC(=C(c2cccc(S(=O)(=O)O)c2)c2cc(C)c(O)c(Br)c2)C=C(Br)C1=O. The second kappa shape index (κ2) is 8.02. The Morgan fingerprint density at radius 2 is 1.69 bits per heavy atom. The van der Waals surface area contributed by atoms with Crippen molar-refractivity contribution in [1.29, 1.82) is 0 Å². The van der Waals surface area contributed by atoms with Crippen LogP contribution in [-0.2, 0) is 14.9 Å². The minimum Gasteiger partial charge on any atom is -0.506 e. The maximum Gasteiger partial charge on any atom is 0.294 e. The molecule has 2 aromatic carbocycles. The average molecular weight is 540 g/mol. The van der Waals surface area contributed by atoms with Crippen molar-refractivity contribution in [2.75, 3.05) is 0 Å². The molecule has 0 fully saturated rings. The highest BCUT2D eigenvalue weighted by Crippen LogP contribution is 2.38. The fourth-order valence-corrected chi connectivity index (χ4v) is 4.71. The lowest BCUT2D eigenvalue weighted by atomic mass is 9.88. The summed E-state index contributed by atoms with van der Waals surface area (Å²) in [5.41, 5.74) is 3.69. The Kier molecular flexibility index (Phi) is 6.01. The van der Waals surface area contributed by atoms with E-state index in [2.05, 4.69) is 31.9 Å². The number of carbonyl (C=O) groups excluding carboxylic acids is 1. The maximum absolute atomic E-state index is 12.1. The molecule has 2 N–H and O–H groups in total. The zero-order valence-corrected chi connectivity index (χ0v) is 19.4. The largest absolute Gasteiger partial charge is 0.506 e. The van der Waals surface area contributed by atoms with Crippen molar-refractivity contribution in [2.24, 2.45) is 0 Å². The van der Waals surface area contributed by atoms with Crippen molar-refractivity contribution in [1.82, 2.24) is 0 Å². The van der Waals surface area contributed by atoms with Crippen molar-refractivity contribution in [3.63, 3.8) is 0 Å². The Morgan fingerprint density at radius 3 is 2.28 bits per heavy atom. The van der Waals surface area contributed by atoms with Gasteiger partial charge in [-0.3, -0.25) is 9.35 Å². The molecule has 5 nitrogen and oxygen atoms in total. The van der Waals surface area contributed by atoms with Crippen molar-refractivity contribution >= 4 is 53.3 Å². The summed E-state index contributed by atoms with van der Waals surface area (Å²) in [6.45, 7) is 3.44. The van der Waals surface area contributed by atoms with Crippen LogP contribution in [0, 0.1) is 6.92 Å². The zero-order valence-electron chi connectivity index (χ0n) is 15.4. The molecule has 0 aliphatic heterocycles. The summed E-state index contributed by atoms with van der Waals surface area (Å²) in [4.78, 5) is 11.9. The van der Waals surface area contributed by atoms with E-state index in [4.69, 9.17) is 0 Å². The van der Waals surface area contributed by atoms with Crippen molar-refractivity contribution < 1.29 is 22.9 Å². The lowest BCUT2D eigenvalue weighted by molar-refractivity contribution is -0.111. The van der Waals surface area contributed by atoms with Crippen LogP contribution in [0.2, 0.25) is 0 Å². The second-order valence-corrected chi connectivity index (χ2v) is 9.74. The van der Waals surface area contributed by atoms with Crippen LogP contribution in [0.5, 0.6) is 5.75 Å². The van der Waals surface area contributed by atoms with E-state index in [0.29, 0.717) is 42.4 Å². The molecular formula is C21H16Br2O5S. The van der Waals surface area contributed by atoms with Crippen molar-refractivity contribution in [3.8, 4) is 5.75 Å². The summed E-state index contributed by atoms with van der Waals surface area (Å²) >= 11 is 6.62. The van der Waals surface area contributed by atoms with E-state index in [9.17, 15) is 22.9 Å². The molecule has 0 saturated heterocycles. The summed E-state index contributed by atoms with van der Waals surface area (Å²) in [5, 5.41) is 10.1. The van der Waals surface area contributed by atoms with E-state index < -0.39 is 10.1 Å². The first-order valence-electron chi connectivity index (χ1n) is 8.41. The molecule has 0 unspecified atom stereocenters. The van der Waals surface area contributed by atoms with Crippen LogP contribution in [0.1, 0.15) is 23.6 Å². The summed E-state index contributed by atoms with van der Waals surface area (Å²) in [6, 6.07) is 9.40. The number of carbonyl (C=O) groups is 1. The van der Waals surface area contributed by atoms with E-state index in [-0.39, 0.29) is 16.4 Å². The highest BCUT2D eigenvalue weighted by Gasteiger charge is 2.21. The first kappa shape index (κ1) is 21.7. The van der Waals surface area contributed by atoms with Gasteiger partial charge in [-0.1, -0.05) is 12.1 Å². The van der Waals surface area contributed by atoms with Gasteiger partial charge >= 0.3 is 0 Å². The van der Waals surface area contributed by atoms with Crippen LogP contribution < -0.4 is 0 Å². The number of rotatable bonds is 3. The van der Waals surface area contributed by atoms with Gasteiger partial charge < -0.3 is 5.11 Å². The minimum absolute atomic E-state index is 0.104. The molecule has 150 valence electrons. The topological polar surface area (TPSA) is 91.7 Å². The normalized spacial score (nSPS) is 16.4. The highest BCUT2D eigenvalue weighted by atomic mass is 79.9. The van der Waals surface area contributed by atoms with Gasteiger partial charge in [-0.15, -0.1) is 0 Å². The number of ketones is 1. The Hall–Kier alpha value is -2.00. The highest BCUT2D eigenvalue weighted by molar-refractivity contribution is 9.12. The molecular weight excluding hydrogens is 524 g/mol. The van der Waals surface area contributed by atoms with Gasteiger partial charge in [-0.2, -0.15) is 8.42 Å². The zero-order chi connectivity index (χ0) is 21.5. The smallest absolute Gasteiger partial charge is 0.294 e. The molecule has 3 rings (SSSR count). The number of phenols is 1. The quantitative estimate of drug-likeness (QED) is 0.515. The van der Waals surface area contributed by atoms with Crippen LogP contribution in [0.15, 0.2) is 73.5 Å². The first-order chi connectivity index (χ1) is 13.5. The van der Waals surface area contributed by atoms with E-state index in [0.717, 1.165) is 0 Å². The predicted molar refractivity (Wildman–Crippen MR) is 119 cm³/mol. The van der Waals surface area contributed by atoms with Crippen LogP contribution in [-0.4, -0.2) is 23.9 Å². The van der Waals surface area contributed by atoms with E-state index in [1.807, 2.05) is 0 Å². The Bertz CT molecular complexity index is 1190. The fourth-order valence-electron chi connectivity index (χ4n) is 3.07. The minimum atomic E-state index is -4.39. The third-order valence-electron chi connectivity index (χ3n) is 4.48. The summed E-state index contributed by atoms with van der Waals surface area (Å²) in [7, 11) is -4.39. The molecule has 1 aliphatic rings. The van der Waals surface area contributed by atoms with Crippen LogP contribution in [0.3, 0.4) is 0 Å². The third-order valence-corrected chi connectivity index (χ3v) is 6.52. The van der Waals surface area contributed by atoms with Crippen molar-refractivity contribution in [3.05, 3.63) is 85.3 Å². The van der Waals surface area contributed by atoms with Gasteiger partial charge in [0.2, 0.25) is 0 Å². The van der Waals surface area contributed by atoms with Crippen LogP contribution in [0.25, 0.3) is 5.57 Å². The lowest BCUT2D eigenvalue weighted by Crippen LogP contribution is -2.06. The van der Waals surface area contributed by atoms with Crippen LogP contribution >= 0.6 is 31.9 Å². The monoisotopic (exact) mass is 538 g/mol. The molecule has 0 spiro atoms. The second-order valence-electron chi connectivity index (χ2n) is 6.61. The average Bonchev–Trinajstić information content (AvgIpc) is 2.64. The number of aromatic hydroxyl groups is 1. The van der Waals surface area contributed by atoms with Gasteiger partial charge in [0, 0.05) is 0 Å². The Balaban J connectivity index is 2.39.